The number of carbonyl (C=O) groups excluding carboxylic acids is 2. The third-order valence-electron chi connectivity index (χ3n) is 5.31. The number of hydrogen-bond donors (Lipinski definition) is 1. The Bertz CT molecular complexity index is 1130. The Hall–Kier alpha value is -2.69. The molecule has 1 fully saturated rings. The minimum atomic E-state index is -4.02. The number of likely N-dealkylation sites (N-methyl/N-ethyl adjacent to an activating group) is 1. The summed E-state index contributed by atoms with van der Waals surface area (Å²) in [5.74, 6) is -0.804. The molecule has 0 saturated carbocycles. The lowest BCUT2D eigenvalue weighted by Crippen LogP contribution is -2.39. The van der Waals surface area contributed by atoms with Crippen LogP contribution < -0.4 is 4.72 Å². The number of carbonyl (C=O) groups is 2. The van der Waals surface area contributed by atoms with Gasteiger partial charge in [0.15, 0.2) is 0 Å². The van der Waals surface area contributed by atoms with Gasteiger partial charge < -0.3 is 9.80 Å². The van der Waals surface area contributed by atoms with Gasteiger partial charge in [-0.3, -0.25) is 19.2 Å². The second-order valence-electron chi connectivity index (χ2n) is 7.96. The van der Waals surface area contributed by atoms with Crippen molar-refractivity contribution in [1.82, 2.24) is 14.7 Å². The van der Waals surface area contributed by atoms with Gasteiger partial charge >= 0.3 is 0 Å². The molecule has 2 aromatic rings. The van der Waals surface area contributed by atoms with Gasteiger partial charge in [-0.1, -0.05) is 11.6 Å². The number of anilines is 1. The van der Waals surface area contributed by atoms with Crippen LogP contribution in [-0.4, -0.2) is 81.8 Å². The summed E-state index contributed by atoms with van der Waals surface area (Å²) in [6.07, 6.45) is 0.712. The predicted molar refractivity (Wildman–Crippen MR) is 124 cm³/mol. The molecule has 1 aliphatic heterocycles. The van der Waals surface area contributed by atoms with Crippen LogP contribution in [0.5, 0.6) is 0 Å². The summed E-state index contributed by atoms with van der Waals surface area (Å²) in [5, 5.41) is 0.126. The fourth-order valence-corrected chi connectivity index (χ4v) is 4.69. The van der Waals surface area contributed by atoms with Gasteiger partial charge in [-0.2, -0.15) is 0 Å². The molecule has 3 rings (SSSR count). The van der Waals surface area contributed by atoms with Crippen LogP contribution in [0, 0.1) is 5.82 Å². The van der Waals surface area contributed by atoms with E-state index in [-0.39, 0.29) is 33.0 Å². The molecular weight excluding hydrogens is 471 g/mol. The van der Waals surface area contributed by atoms with Crippen LogP contribution in [0.15, 0.2) is 47.4 Å². The number of hydrogen-bond acceptors (Lipinski definition) is 5. The van der Waals surface area contributed by atoms with Gasteiger partial charge in [0.25, 0.3) is 15.9 Å². The summed E-state index contributed by atoms with van der Waals surface area (Å²) in [4.78, 5) is 30.2. The summed E-state index contributed by atoms with van der Waals surface area (Å²) >= 11 is 6.17. The van der Waals surface area contributed by atoms with Gasteiger partial charge in [0.05, 0.1) is 22.2 Å². The van der Waals surface area contributed by atoms with Crippen molar-refractivity contribution in [3.05, 3.63) is 58.9 Å². The lowest BCUT2D eigenvalue weighted by molar-refractivity contribution is -0.129. The Morgan fingerprint density at radius 1 is 1.06 bits per heavy atom. The van der Waals surface area contributed by atoms with Crippen LogP contribution in [-0.2, 0) is 14.8 Å². The first-order chi connectivity index (χ1) is 15.6. The van der Waals surface area contributed by atoms with E-state index in [4.69, 9.17) is 11.6 Å². The molecule has 0 radical (unpaired) electrons. The number of halogens is 2. The summed E-state index contributed by atoms with van der Waals surface area (Å²) in [7, 11) is -0.607. The van der Waals surface area contributed by atoms with Gasteiger partial charge in [-0.25, -0.2) is 12.8 Å². The van der Waals surface area contributed by atoms with Crippen LogP contribution in [0.4, 0.5) is 10.1 Å². The Morgan fingerprint density at radius 3 is 2.42 bits per heavy atom. The molecule has 1 aliphatic rings. The SMILES string of the molecule is CN(C)C(=O)CN1CCCN(C(=O)c2ccc(Cl)c(NS(=O)(=O)c3ccc(F)cc3)c2)CC1. The van der Waals surface area contributed by atoms with Crippen LogP contribution in [0.2, 0.25) is 5.02 Å². The van der Waals surface area contributed by atoms with E-state index in [1.54, 1.807) is 25.1 Å². The van der Waals surface area contributed by atoms with Crippen molar-refractivity contribution in [1.29, 1.82) is 0 Å². The zero-order valence-corrected chi connectivity index (χ0v) is 20.0. The van der Waals surface area contributed by atoms with Crippen LogP contribution in [0.1, 0.15) is 16.8 Å². The minimum Gasteiger partial charge on any atom is -0.348 e. The molecular formula is C22H26ClFN4O4S. The van der Waals surface area contributed by atoms with E-state index in [1.165, 1.54) is 17.0 Å². The maximum absolute atomic E-state index is 13.1. The van der Waals surface area contributed by atoms with E-state index < -0.39 is 15.8 Å². The third kappa shape index (κ3) is 6.43. The van der Waals surface area contributed by atoms with E-state index >= 15 is 0 Å². The van der Waals surface area contributed by atoms with E-state index in [0.717, 1.165) is 24.3 Å². The highest BCUT2D eigenvalue weighted by Crippen LogP contribution is 2.27. The molecule has 0 aliphatic carbocycles. The van der Waals surface area contributed by atoms with E-state index in [1.807, 2.05) is 4.90 Å². The first kappa shape index (κ1) is 24.9. The molecule has 33 heavy (non-hydrogen) atoms. The van der Waals surface area contributed by atoms with Gasteiger partial charge in [0.2, 0.25) is 5.91 Å². The van der Waals surface area contributed by atoms with E-state index in [2.05, 4.69) is 4.72 Å². The lowest BCUT2D eigenvalue weighted by atomic mass is 10.1. The largest absolute Gasteiger partial charge is 0.348 e. The number of benzene rings is 2. The van der Waals surface area contributed by atoms with Crippen molar-refractivity contribution in [3.8, 4) is 0 Å². The van der Waals surface area contributed by atoms with E-state index in [0.29, 0.717) is 39.1 Å². The first-order valence-corrected chi connectivity index (χ1v) is 12.2. The molecule has 1 saturated heterocycles. The van der Waals surface area contributed by atoms with Crippen molar-refractivity contribution in [2.24, 2.45) is 0 Å². The quantitative estimate of drug-likeness (QED) is 0.663. The van der Waals surface area contributed by atoms with E-state index in [9.17, 15) is 22.4 Å². The highest BCUT2D eigenvalue weighted by atomic mass is 35.5. The molecule has 0 bridgehead atoms. The number of sulfonamides is 1. The van der Waals surface area contributed by atoms with Crippen LogP contribution >= 0.6 is 11.6 Å². The van der Waals surface area contributed by atoms with Crippen molar-refractivity contribution < 1.29 is 22.4 Å². The smallest absolute Gasteiger partial charge is 0.261 e. The van der Waals surface area contributed by atoms with Gasteiger partial charge in [0, 0.05) is 45.8 Å². The second-order valence-corrected chi connectivity index (χ2v) is 10.1. The zero-order chi connectivity index (χ0) is 24.2. The normalized spacial score (nSPS) is 15.1. The van der Waals surface area contributed by atoms with Crippen molar-refractivity contribution >= 4 is 39.1 Å². The molecule has 0 atom stereocenters. The first-order valence-electron chi connectivity index (χ1n) is 10.4. The number of amides is 2. The summed E-state index contributed by atoms with van der Waals surface area (Å²) in [6.45, 7) is 2.52. The Balaban J connectivity index is 1.72. The molecule has 11 heteroatoms. The number of nitrogens with zero attached hydrogens (tertiary/aromatic N) is 3. The predicted octanol–water partition coefficient (Wildman–Crippen LogP) is 2.52. The number of nitrogens with one attached hydrogen (secondary N) is 1. The average Bonchev–Trinajstić information content (AvgIpc) is 3.00. The highest BCUT2D eigenvalue weighted by Gasteiger charge is 2.23. The summed E-state index contributed by atoms with van der Waals surface area (Å²) < 4.78 is 40.8. The van der Waals surface area contributed by atoms with Crippen molar-refractivity contribution in [3.63, 3.8) is 0 Å². The van der Waals surface area contributed by atoms with Crippen molar-refractivity contribution in [2.45, 2.75) is 11.3 Å². The topological polar surface area (TPSA) is 90.0 Å². The fraction of sp³-hybridized carbons (Fsp3) is 0.364. The molecule has 1 N–H and O–H groups in total. The molecule has 2 amide bonds. The third-order valence-corrected chi connectivity index (χ3v) is 7.03. The Kier molecular flexibility index (Phi) is 7.93. The monoisotopic (exact) mass is 496 g/mol. The maximum atomic E-state index is 13.1. The van der Waals surface area contributed by atoms with Gasteiger partial charge in [-0.15, -0.1) is 0 Å². The Morgan fingerprint density at radius 2 is 1.76 bits per heavy atom. The van der Waals surface area contributed by atoms with Crippen LogP contribution in [0.3, 0.4) is 0 Å². The minimum absolute atomic E-state index is 0.00515. The number of rotatable bonds is 6. The zero-order valence-electron chi connectivity index (χ0n) is 18.4. The highest BCUT2D eigenvalue weighted by molar-refractivity contribution is 7.92. The summed E-state index contributed by atoms with van der Waals surface area (Å²) in [6, 6.07) is 8.77. The maximum Gasteiger partial charge on any atom is 0.261 e. The molecule has 1 heterocycles. The van der Waals surface area contributed by atoms with Crippen molar-refractivity contribution in [2.75, 3.05) is 51.5 Å². The van der Waals surface area contributed by atoms with Gasteiger partial charge in [0.1, 0.15) is 5.82 Å². The fourth-order valence-electron chi connectivity index (χ4n) is 3.40. The molecule has 0 aromatic heterocycles. The molecule has 178 valence electrons. The molecule has 0 unspecified atom stereocenters. The molecule has 2 aromatic carbocycles. The average molecular weight is 497 g/mol. The molecule has 0 spiro atoms. The molecule has 8 nitrogen and oxygen atoms in total. The van der Waals surface area contributed by atoms with Crippen LogP contribution in [0.25, 0.3) is 0 Å². The standard InChI is InChI=1S/C22H26ClFN4O4S/c1-26(2)21(29)15-27-10-3-11-28(13-12-27)22(30)16-4-9-19(23)20(14-16)25-33(31,32)18-7-5-17(24)6-8-18/h4-9,14,25H,3,10-13,15H2,1-2H3. The Labute approximate surface area is 198 Å². The summed E-state index contributed by atoms with van der Waals surface area (Å²) in [5.41, 5.74) is 0.342. The second kappa shape index (κ2) is 10.5. The van der Waals surface area contributed by atoms with Gasteiger partial charge in [-0.05, 0) is 48.9 Å². The lowest BCUT2D eigenvalue weighted by Gasteiger charge is -2.23.